The Hall–Kier alpha value is -2.18. The average Bonchev–Trinajstić information content (AvgIpc) is 3.28. The number of hydrogen-bond donors (Lipinski definition) is 2. The van der Waals surface area contributed by atoms with Crippen LogP contribution in [0.5, 0.6) is 0 Å². The van der Waals surface area contributed by atoms with Gasteiger partial charge in [0.05, 0.1) is 6.04 Å². The van der Waals surface area contributed by atoms with E-state index >= 15 is 0 Å². The number of rotatable bonds is 9. The second-order valence-electron chi connectivity index (χ2n) is 6.65. The Balaban J connectivity index is 1.34. The molecule has 0 amide bonds. The normalized spacial score (nSPS) is 12.3. The molecule has 142 valence electrons. The van der Waals surface area contributed by atoms with Crippen LogP contribution in [0.4, 0.5) is 0 Å². The Bertz CT molecular complexity index is 987. The highest BCUT2D eigenvalue weighted by Gasteiger charge is 2.12. The van der Waals surface area contributed by atoms with Gasteiger partial charge in [0, 0.05) is 29.2 Å². The van der Waals surface area contributed by atoms with Gasteiger partial charge in [-0.15, -0.1) is 0 Å². The maximum Gasteiger partial charge on any atom is 0.0557 e. The van der Waals surface area contributed by atoms with Gasteiger partial charge < -0.3 is 5.32 Å². The second kappa shape index (κ2) is 9.85. The number of thiophene rings is 1. The number of benzene rings is 2. The summed E-state index contributed by atoms with van der Waals surface area (Å²) in [7, 11) is 0. The molecule has 0 aliphatic rings. The number of aromatic nitrogens is 1. The van der Waals surface area contributed by atoms with Gasteiger partial charge in [-0.25, -0.2) is 0 Å². The molecule has 1 atom stereocenters. The van der Waals surface area contributed by atoms with Crippen molar-refractivity contribution < 1.29 is 0 Å². The molecule has 5 heteroatoms. The van der Waals surface area contributed by atoms with Crippen LogP contribution in [0.15, 0.2) is 88.7 Å². The second-order valence-corrected chi connectivity index (χ2v) is 8.34. The highest BCUT2D eigenvalue weighted by atomic mass is 32.2. The zero-order valence-electron chi connectivity index (χ0n) is 15.5. The Kier molecular flexibility index (Phi) is 6.73. The van der Waals surface area contributed by atoms with Crippen molar-refractivity contribution in [1.82, 2.24) is 15.0 Å². The predicted molar refractivity (Wildman–Crippen MR) is 121 cm³/mol. The van der Waals surface area contributed by atoms with E-state index in [1.54, 1.807) is 23.3 Å². The van der Waals surface area contributed by atoms with Crippen molar-refractivity contribution in [3.63, 3.8) is 0 Å². The molecule has 0 radical (unpaired) electrons. The molecule has 2 aromatic carbocycles. The molecular weight excluding hydrogens is 382 g/mol. The van der Waals surface area contributed by atoms with Crippen LogP contribution >= 0.6 is 23.3 Å². The Morgan fingerprint density at radius 2 is 1.93 bits per heavy atom. The third-order valence-corrected chi connectivity index (χ3v) is 6.25. The summed E-state index contributed by atoms with van der Waals surface area (Å²) >= 11 is 3.43. The first-order valence-corrected chi connectivity index (χ1v) is 11.2. The molecule has 0 bridgehead atoms. The fourth-order valence-electron chi connectivity index (χ4n) is 3.09. The molecule has 0 saturated heterocycles. The summed E-state index contributed by atoms with van der Waals surface area (Å²) in [6.07, 6.45) is 4.79. The molecule has 2 aromatic heterocycles. The van der Waals surface area contributed by atoms with Gasteiger partial charge in [0.2, 0.25) is 0 Å². The summed E-state index contributed by atoms with van der Waals surface area (Å²) in [4.78, 5) is 5.40. The van der Waals surface area contributed by atoms with E-state index < -0.39 is 0 Å². The van der Waals surface area contributed by atoms with Crippen LogP contribution in [0.1, 0.15) is 17.2 Å². The molecule has 0 fully saturated rings. The quantitative estimate of drug-likeness (QED) is 0.286. The summed E-state index contributed by atoms with van der Waals surface area (Å²) in [5.74, 6) is 0. The van der Waals surface area contributed by atoms with E-state index in [-0.39, 0.29) is 6.04 Å². The molecule has 4 rings (SSSR count). The summed E-state index contributed by atoms with van der Waals surface area (Å²) in [5, 5.41) is 10.4. The molecule has 0 spiro atoms. The van der Waals surface area contributed by atoms with Crippen LogP contribution < -0.4 is 10.0 Å². The van der Waals surface area contributed by atoms with Crippen LogP contribution in [-0.2, 0) is 6.42 Å². The fourth-order valence-corrected chi connectivity index (χ4v) is 4.62. The highest BCUT2D eigenvalue weighted by Crippen LogP contribution is 2.25. The summed E-state index contributed by atoms with van der Waals surface area (Å²) in [6, 6.07) is 21.6. The van der Waals surface area contributed by atoms with Crippen molar-refractivity contribution in [2.75, 3.05) is 13.1 Å². The summed E-state index contributed by atoms with van der Waals surface area (Å²) in [6.45, 7) is 1.87. The van der Waals surface area contributed by atoms with E-state index in [2.05, 4.69) is 86.4 Å². The highest BCUT2D eigenvalue weighted by molar-refractivity contribution is 7.97. The molecule has 0 unspecified atom stereocenters. The van der Waals surface area contributed by atoms with Gasteiger partial charge in [-0.2, -0.15) is 11.3 Å². The topological polar surface area (TPSA) is 37.0 Å². The minimum absolute atomic E-state index is 0.264. The lowest BCUT2D eigenvalue weighted by molar-refractivity contribution is 0.576. The lowest BCUT2D eigenvalue weighted by Crippen LogP contribution is -2.29. The van der Waals surface area contributed by atoms with Crippen molar-refractivity contribution in [3.05, 3.63) is 94.9 Å². The summed E-state index contributed by atoms with van der Waals surface area (Å²) < 4.78 is 3.65. The lowest BCUT2D eigenvalue weighted by atomic mass is 10.1. The SMILES string of the molecule is c1ccc(CCNC[C@H](NSc2ccc3cnccc3c2)c2ccsc2)cc1. The fraction of sp³-hybridized carbons (Fsp3) is 0.174. The van der Waals surface area contributed by atoms with Crippen molar-refractivity contribution in [2.45, 2.75) is 17.4 Å². The van der Waals surface area contributed by atoms with Gasteiger partial charge >= 0.3 is 0 Å². The van der Waals surface area contributed by atoms with Crippen molar-refractivity contribution >= 4 is 34.1 Å². The molecule has 4 aromatic rings. The molecule has 0 saturated carbocycles. The largest absolute Gasteiger partial charge is 0.314 e. The zero-order chi connectivity index (χ0) is 19.0. The van der Waals surface area contributed by atoms with Crippen molar-refractivity contribution in [2.24, 2.45) is 0 Å². The molecule has 3 nitrogen and oxygen atoms in total. The number of fused-ring (bicyclic) bond motifs is 1. The minimum Gasteiger partial charge on any atom is -0.314 e. The minimum atomic E-state index is 0.264. The first-order valence-electron chi connectivity index (χ1n) is 9.41. The van der Waals surface area contributed by atoms with Crippen molar-refractivity contribution in [1.29, 1.82) is 0 Å². The van der Waals surface area contributed by atoms with Crippen LogP contribution in [-0.4, -0.2) is 18.1 Å². The van der Waals surface area contributed by atoms with E-state index in [0.717, 1.165) is 19.5 Å². The van der Waals surface area contributed by atoms with Crippen LogP contribution in [0, 0.1) is 0 Å². The van der Waals surface area contributed by atoms with E-state index in [0.29, 0.717) is 0 Å². The van der Waals surface area contributed by atoms with Crippen LogP contribution in [0.25, 0.3) is 10.8 Å². The van der Waals surface area contributed by atoms with Crippen molar-refractivity contribution in [3.8, 4) is 0 Å². The summed E-state index contributed by atoms with van der Waals surface area (Å²) in [5.41, 5.74) is 2.70. The first-order chi connectivity index (χ1) is 13.9. The Labute approximate surface area is 174 Å². The van der Waals surface area contributed by atoms with E-state index in [1.165, 1.54) is 26.8 Å². The maximum atomic E-state index is 4.18. The molecule has 28 heavy (non-hydrogen) atoms. The monoisotopic (exact) mass is 405 g/mol. The smallest absolute Gasteiger partial charge is 0.0557 e. The maximum absolute atomic E-state index is 4.18. The van der Waals surface area contributed by atoms with Gasteiger partial charge in [0.1, 0.15) is 0 Å². The van der Waals surface area contributed by atoms with Gasteiger partial charge in [-0.05, 0) is 76.5 Å². The van der Waals surface area contributed by atoms with Gasteiger partial charge in [0.15, 0.2) is 0 Å². The Morgan fingerprint density at radius 1 is 1.00 bits per heavy atom. The average molecular weight is 406 g/mol. The van der Waals surface area contributed by atoms with Crippen LogP contribution in [0.3, 0.4) is 0 Å². The van der Waals surface area contributed by atoms with Gasteiger partial charge in [0.25, 0.3) is 0 Å². The third kappa shape index (κ3) is 5.20. The predicted octanol–water partition coefficient (Wildman–Crippen LogP) is 5.47. The molecule has 2 N–H and O–H groups in total. The van der Waals surface area contributed by atoms with E-state index in [1.807, 2.05) is 12.4 Å². The van der Waals surface area contributed by atoms with Crippen LogP contribution in [0.2, 0.25) is 0 Å². The van der Waals surface area contributed by atoms with E-state index in [4.69, 9.17) is 0 Å². The lowest BCUT2D eigenvalue weighted by Gasteiger charge is -2.18. The molecule has 0 aliphatic heterocycles. The standard InChI is InChI=1S/C23H23N3S2/c1-2-4-18(5-3-1)8-11-25-16-23(21-10-13-27-17-21)26-28-22-7-6-20-15-24-12-9-19(20)14-22/h1-7,9-10,12-15,17,23,25-26H,8,11,16H2/t23-/m0/s1. The number of nitrogens with one attached hydrogen (secondary N) is 2. The zero-order valence-corrected chi connectivity index (χ0v) is 17.2. The molecular formula is C23H23N3S2. The number of nitrogens with zero attached hydrogens (tertiary/aromatic N) is 1. The van der Waals surface area contributed by atoms with E-state index in [9.17, 15) is 0 Å². The molecule has 0 aliphatic carbocycles. The number of pyridine rings is 1. The first kappa shape index (κ1) is 19.2. The third-order valence-electron chi connectivity index (χ3n) is 4.66. The molecule has 2 heterocycles. The Morgan fingerprint density at radius 3 is 2.79 bits per heavy atom. The number of hydrogen-bond acceptors (Lipinski definition) is 5. The van der Waals surface area contributed by atoms with Gasteiger partial charge in [-0.3, -0.25) is 9.71 Å². The van der Waals surface area contributed by atoms with Gasteiger partial charge in [-0.1, -0.05) is 36.4 Å².